The monoisotopic (exact) mass is 545 g/mol. The summed E-state index contributed by atoms with van der Waals surface area (Å²) in [6.07, 6.45) is 6.57. The number of benzene rings is 2. The van der Waals surface area contributed by atoms with Crippen LogP contribution >= 0.6 is 0 Å². The lowest BCUT2D eigenvalue weighted by Crippen LogP contribution is -2.31. The molecule has 0 radical (unpaired) electrons. The Morgan fingerprint density at radius 1 is 1.12 bits per heavy atom. The molecular weight excluding hydrogens is 509 g/mol. The fourth-order valence-corrected chi connectivity index (χ4v) is 6.42. The summed E-state index contributed by atoms with van der Waals surface area (Å²) in [5, 5.41) is 2.97. The van der Waals surface area contributed by atoms with Crippen LogP contribution in [0.5, 0.6) is 11.5 Å². The van der Waals surface area contributed by atoms with Crippen molar-refractivity contribution < 1.29 is 18.7 Å². The Labute approximate surface area is 234 Å². The first-order valence-corrected chi connectivity index (χ1v) is 14.0. The third-order valence-corrected chi connectivity index (χ3v) is 8.98. The molecule has 0 saturated carbocycles. The van der Waals surface area contributed by atoms with Gasteiger partial charge in [-0.15, -0.1) is 0 Å². The predicted octanol–water partition coefficient (Wildman–Crippen LogP) is 5.28. The van der Waals surface area contributed by atoms with Gasteiger partial charge < -0.3 is 19.7 Å². The summed E-state index contributed by atoms with van der Waals surface area (Å²) in [7, 11) is 1.63. The topological polar surface area (TPSA) is 79.8 Å². The molecule has 2 unspecified atom stereocenters. The molecule has 1 spiro atoms. The zero-order valence-electron chi connectivity index (χ0n) is 23.4. The minimum absolute atomic E-state index is 0.0696. The fraction of sp³-hybridized carbons (Fsp3) is 0.452. The standard InChI is InChI=1S/C31H36FN5O3/c1-4-30(2,39-3)24-15-23(32)7-8-26(24)40-27-16-33-20-34-29(27)37-12-10-31(19-37)9-11-36(18-31)17-21-5-6-22-14-28(38)35-25(22)13-21/h5-8,13,15-16,20H,4,9-12,14,17-19H2,1-3H3,(H,35,38). The zero-order chi connectivity index (χ0) is 27.9. The Hall–Kier alpha value is -3.56. The maximum atomic E-state index is 14.3. The first-order valence-electron chi connectivity index (χ1n) is 14.0. The van der Waals surface area contributed by atoms with E-state index in [0.717, 1.165) is 62.6 Å². The molecule has 8 nitrogen and oxygen atoms in total. The summed E-state index contributed by atoms with van der Waals surface area (Å²) >= 11 is 0. The molecule has 4 heterocycles. The number of likely N-dealkylation sites (tertiary alicyclic amines) is 1. The van der Waals surface area contributed by atoms with E-state index in [2.05, 4.69) is 43.3 Å². The number of halogens is 1. The van der Waals surface area contributed by atoms with Gasteiger partial charge in [-0.25, -0.2) is 14.4 Å². The van der Waals surface area contributed by atoms with Crippen LogP contribution in [-0.4, -0.2) is 54.1 Å². The maximum Gasteiger partial charge on any atom is 0.228 e. The highest BCUT2D eigenvalue weighted by molar-refractivity contribution is 5.99. The van der Waals surface area contributed by atoms with Crippen LogP contribution in [-0.2, 0) is 28.1 Å². The van der Waals surface area contributed by atoms with Gasteiger partial charge in [-0.2, -0.15) is 0 Å². The molecule has 9 heteroatoms. The molecule has 0 bridgehead atoms. The molecule has 1 amide bonds. The lowest BCUT2D eigenvalue weighted by molar-refractivity contribution is -0.115. The number of aromatic nitrogens is 2. The summed E-state index contributed by atoms with van der Waals surface area (Å²) in [4.78, 5) is 25.4. The Morgan fingerprint density at radius 2 is 1.98 bits per heavy atom. The summed E-state index contributed by atoms with van der Waals surface area (Å²) in [5.41, 5.74) is 3.41. The van der Waals surface area contributed by atoms with Crippen molar-refractivity contribution in [3.63, 3.8) is 0 Å². The van der Waals surface area contributed by atoms with Gasteiger partial charge in [0.2, 0.25) is 5.91 Å². The SMILES string of the molecule is CCC(C)(OC)c1cc(F)ccc1Oc1cncnc1N1CCC2(CCN(Cc3ccc4c(c3)NC(=O)C4)C2)C1. The third kappa shape index (κ3) is 5.04. The zero-order valence-corrected chi connectivity index (χ0v) is 23.4. The number of hydrogen-bond donors (Lipinski definition) is 1. The highest BCUT2D eigenvalue weighted by Crippen LogP contribution is 2.44. The van der Waals surface area contributed by atoms with Crippen LogP contribution in [0.4, 0.5) is 15.9 Å². The van der Waals surface area contributed by atoms with Crippen molar-refractivity contribution >= 4 is 17.4 Å². The van der Waals surface area contributed by atoms with Crippen LogP contribution in [0.15, 0.2) is 48.9 Å². The second-order valence-electron chi connectivity index (χ2n) is 11.6. The van der Waals surface area contributed by atoms with Crippen LogP contribution < -0.4 is 15.0 Å². The van der Waals surface area contributed by atoms with Crippen molar-refractivity contribution in [3.05, 3.63) is 71.4 Å². The van der Waals surface area contributed by atoms with Gasteiger partial charge in [0.15, 0.2) is 11.6 Å². The normalized spacial score (nSPS) is 22.0. The van der Waals surface area contributed by atoms with E-state index in [9.17, 15) is 9.18 Å². The Balaban J connectivity index is 1.17. The summed E-state index contributed by atoms with van der Waals surface area (Å²) < 4.78 is 26.4. The highest BCUT2D eigenvalue weighted by atomic mass is 19.1. The first kappa shape index (κ1) is 26.7. The number of carbonyl (C=O) groups is 1. The molecule has 1 aromatic heterocycles. The molecule has 1 N–H and O–H groups in total. The number of fused-ring (bicyclic) bond motifs is 1. The summed E-state index contributed by atoms with van der Waals surface area (Å²) in [6.45, 7) is 8.63. The van der Waals surface area contributed by atoms with Gasteiger partial charge >= 0.3 is 0 Å². The van der Waals surface area contributed by atoms with E-state index in [0.29, 0.717) is 29.9 Å². The molecule has 210 valence electrons. The molecule has 40 heavy (non-hydrogen) atoms. The van der Waals surface area contributed by atoms with Crippen LogP contribution in [0, 0.1) is 11.2 Å². The molecule has 2 fully saturated rings. The Morgan fingerprint density at radius 3 is 2.80 bits per heavy atom. The van der Waals surface area contributed by atoms with E-state index in [1.807, 2.05) is 13.8 Å². The van der Waals surface area contributed by atoms with Gasteiger partial charge in [0, 0.05) is 50.0 Å². The van der Waals surface area contributed by atoms with E-state index in [1.54, 1.807) is 25.7 Å². The number of carbonyl (C=O) groups excluding carboxylic acids is 1. The number of anilines is 2. The number of hydrogen-bond acceptors (Lipinski definition) is 7. The van der Waals surface area contributed by atoms with E-state index >= 15 is 0 Å². The lowest BCUT2D eigenvalue weighted by Gasteiger charge is -2.30. The second-order valence-corrected chi connectivity index (χ2v) is 11.6. The maximum absolute atomic E-state index is 14.3. The summed E-state index contributed by atoms with van der Waals surface area (Å²) in [5.74, 6) is 1.58. The smallest absolute Gasteiger partial charge is 0.228 e. The number of amides is 1. The van der Waals surface area contributed by atoms with Crippen LogP contribution in [0.3, 0.4) is 0 Å². The van der Waals surface area contributed by atoms with Gasteiger partial charge in [0.1, 0.15) is 17.9 Å². The average Bonchev–Trinajstić information content (AvgIpc) is 3.67. The molecule has 0 aliphatic carbocycles. The largest absolute Gasteiger partial charge is 0.451 e. The van der Waals surface area contributed by atoms with E-state index < -0.39 is 5.60 Å². The number of nitrogens with one attached hydrogen (secondary N) is 1. The molecule has 2 atom stereocenters. The fourth-order valence-electron chi connectivity index (χ4n) is 6.42. The van der Waals surface area contributed by atoms with Gasteiger partial charge in [-0.1, -0.05) is 19.1 Å². The number of methoxy groups -OCH3 is 1. The van der Waals surface area contributed by atoms with Gasteiger partial charge in [0.05, 0.1) is 18.2 Å². The number of rotatable bonds is 8. The molecular formula is C31H36FN5O3. The molecule has 2 aromatic carbocycles. The van der Waals surface area contributed by atoms with E-state index in [-0.39, 0.29) is 17.1 Å². The molecule has 2 saturated heterocycles. The third-order valence-electron chi connectivity index (χ3n) is 8.98. The quantitative estimate of drug-likeness (QED) is 0.413. The minimum Gasteiger partial charge on any atom is -0.451 e. The number of ether oxygens (including phenoxy) is 2. The Bertz CT molecular complexity index is 1430. The molecule has 3 aromatic rings. The van der Waals surface area contributed by atoms with Gasteiger partial charge in [-0.05, 0) is 68.1 Å². The minimum atomic E-state index is -0.692. The lowest BCUT2D eigenvalue weighted by atomic mass is 9.86. The van der Waals surface area contributed by atoms with Crippen molar-refractivity contribution in [2.75, 3.05) is 43.5 Å². The van der Waals surface area contributed by atoms with Crippen LogP contribution in [0.25, 0.3) is 0 Å². The second kappa shape index (κ2) is 10.4. The van der Waals surface area contributed by atoms with Crippen molar-refractivity contribution in [2.24, 2.45) is 5.41 Å². The van der Waals surface area contributed by atoms with Gasteiger partial charge in [-0.3, -0.25) is 9.69 Å². The Kier molecular flexibility index (Phi) is 6.96. The van der Waals surface area contributed by atoms with Crippen molar-refractivity contribution in [1.29, 1.82) is 0 Å². The number of nitrogens with zero attached hydrogens (tertiary/aromatic N) is 4. The van der Waals surface area contributed by atoms with Crippen molar-refractivity contribution in [1.82, 2.24) is 14.9 Å². The van der Waals surface area contributed by atoms with Crippen molar-refractivity contribution in [2.45, 2.75) is 51.7 Å². The molecule has 3 aliphatic heterocycles. The first-order chi connectivity index (χ1) is 19.3. The van der Waals surface area contributed by atoms with E-state index in [4.69, 9.17) is 9.47 Å². The summed E-state index contributed by atoms with van der Waals surface area (Å²) in [6, 6.07) is 10.9. The van der Waals surface area contributed by atoms with Crippen LogP contribution in [0.2, 0.25) is 0 Å². The van der Waals surface area contributed by atoms with E-state index in [1.165, 1.54) is 17.7 Å². The van der Waals surface area contributed by atoms with Crippen LogP contribution in [0.1, 0.15) is 49.8 Å². The average molecular weight is 546 g/mol. The molecule has 6 rings (SSSR count). The predicted molar refractivity (Wildman–Crippen MR) is 151 cm³/mol. The van der Waals surface area contributed by atoms with Gasteiger partial charge in [0.25, 0.3) is 0 Å². The van der Waals surface area contributed by atoms with Crippen molar-refractivity contribution in [3.8, 4) is 11.5 Å². The molecule has 3 aliphatic rings. The highest BCUT2D eigenvalue weighted by Gasteiger charge is 2.44.